The van der Waals surface area contributed by atoms with Crippen molar-refractivity contribution < 1.29 is 13.2 Å². The molecular formula is C19H24ClN3O3S. The second kappa shape index (κ2) is 9.21. The summed E-state index contributed by atoms with van der Waals surface area (Å²) in [6.45, 7) is 4.59. The summed E-state index contributed by atoms with van der Waals surface area (Å²) in [5.41, 5.74) is 1.07. The fraction of sp³-hybridized carbons (Fsp3) is 0.316. The number of halogens is 1. The highest BCUT2D eigenvalue weighted by molar-refractivity contribution is 7.92. The molecule has 0 aliphatic carbocycles. The van der Waals surface area contributed by atoms with Gasteiger partial charge in [-0.1, -0.05) is 18.2 Å². The van der Waals surface area contributed by atoms with Crippen LogP contribution in [0.15, 0.2) is 59.5 Å². The third-order valence-electron chi connectivity index (χ3n) is 4.45. The van der Waals surface area contributed by atoms with Crippen LogP contribution in [0.25, 0.3) is 0 Å². The van der Waals surface area contributed by atoms with E-state index in [9.17, 15) is 13.2 Å². The van der Waals surface area contributed by atoms with Crippen molar-refractivity contribution in [3.8, 4) is 0 Å². The van der Waals surface area contributed by atoms with Crippen molar-refractivity contribution in [1.82, 2.24) is 10.6 Å². The van der Waals surface area contributed by atoms with Crippen LogP contribution < -0.4 is 14.9 Å². The minimum atomic E-state index is -3.67. The van der Waals surface area contributed by atoms with Crippen molar-refractivity contribution in [2.24, 2.45) is 5.92 Å². The molecule has 1 fully saturated rings. The van der Waals surface area contributed by atoms with E-state index < -0.39 is 10.0 Å². The fourth-order valence-electron chi connectivity index (χ4n) is 2.82. The zero-order chi connectivity index (χ0) is 18.6. The van der Waals surface area contributed by atoms with Crippen molar-refractivity contribution >= 4 is 34.0 Å². The monoisotopic (exact) mass is 409 g/mol. The summed E-state index contributed by atoms with van der Waals surface area (Å²) < 4.78 is 27.2. The molecule has 0 spiro atoms. The minimum Gasteiger partial charge on any atom is -0.352 e. The molecule has 3 rings (SSSR count). The highest BCUT2D eigenvalue weighted by Gasteiger charge is 2.24. The molecule has 2 aromatic rings. The molecule has 0 bridgehead atoms. The van der Waals surface area contributed by atoms with Crippen LogP contribution in [-0.2, 0) is 10.0 Å². The standard InChI is InChI=1S/C19H23N3O3S.ClH/c1-2-22(17-6-4-3-5-7-17)26(24,25)18-10-8-16(9-11-18)19(23)21-14-15-12-20-13-15;/h3-11,15,20H,2,12-14H2,1H3,(H,21,23);1H. The largest absolute Gasteiger partial charge is 0.352 e. The number of nitrogens with zero attached hydrogens (tertiary/aromatic N) is 1. The number of benzene rings is 2. The Bertz CT molecular complexity index is 854. The predicted molar refractivity (Wildman–Crippen MR) is 109 cm³/mol. The minimum absolute atomic E-state index is 0. The Kier molecular flexibility index (Phi) is 7.24. The summed E-state index contributed by atoms with van der Waals surface area (Å²) in [6.07, 6.45) is 0. The van der Waals surface area contributed by atoms with Crippen LogP contribution in [0.1, 0.15) is 17.3 Å². The van der Waals surface area contributed by atoms with Gasteiger partial charge in [0.1, 0.15) is 0 Å². The zero-order valence-corrected chi connectivity index (χ0v) is 16.7. The van der Waals surface area contributed by atoms with Gasteiger partial charge in [0, 0.05) is 37.7 Å². The van der Waals surface area contributed by atoms with Gasteiger partial charge in [-0.15, -0.1) is 12.4 Å². The number of anilines is 1. The van der Waals surface area contributed by atoms with Crippen molar-refractivity contribution in [2.75, 3.05) is 30.5 Å². The van der Waals surface area contributed by atoms with Crippen molar-refractivity contribution in [2.45, 2.75) is 11.8 Å². The van der Waals surface area contributed by atoms with E-state index in [2.05, 4.69) is 10.6 Å². The molecule has 27 heavy (non-hydrogen) atoms. The molecule has 1 aliphatic rings. The van der Waals surface area contributed by atoms with E-state index in [1.165, 1.54) is 16.4 Å². The quantitative estimate of drug-likeness (QED) is 0.735. The second-order valence-electron chi connectivity index (χ2n) is 6.26. The summed E-state index contributed by atoms with van der Waals surface area (Å²) in [6, 6.07) is 15.1. The lowest BCUT2D eigenvalue weighted by Gasteiger charge is -2.27. The summed E-state index contributed by atoms with van der Waals surface area (Å²) in [7, 11) is -3.67. The maximum Gasteiger partial charge on any atom is 0.264 e. The normalized spacial score (nSPS) is 14.0. The number of carbonyl (C=O) groups excluding carboxylic acids is 1. The van der Waals surface area contributed by atoms with Crippen LogP contribution >= 0.6 is 12.4 Å². The van der Waals surface area contributed by atoms with Gasteiger partial charge in [-0.3, -0.25) is 9.10 Å². The van der Waals surface area contributed by atoms with E-state index in [1.807, 2.05) is 6.07 Å². The maximum atomic E-state index is 12.9. The van der Waals surface area contributed by atoms with E-state index in [0.717, 1.165) is 13.1 Å². The summed E-state index contributed by atoms with van der Waals surface area (Å²) in [5.74, 6) is 0.291. The lowest BCUT2D eigenvalue weighted by atomic mass is 10.0. The second-order valence-corrected chi connectivity index (χ2v) is 8.13. The molecule has 0 radical (unpaired) electrons. The molecule has 1 amide bonds. The molecule has 1 saturated heterocycles. The van der Waals surface area contributed by atoms with Gasteiger partial charge >= 0.3 is 0 Å². The first-order valence-corrected chi connectivity index (χ1v) is 10.1. The molecule has 2 N–H and O–H groups in total. The average molecular weight is 410 g/mol. The lowest BCUT2D eigenvalue weighted by Crippen LogP contribution is -2.48. The highest BCUT2D eigenvalue weighted by Crippen LogP contribution is 2.23. The first kappa shape index (κ1) is 21.2. The Morgan fingerprint density at radius 2 is 1.74 bits per heavy atom. The number of amides is 1. The van der Waals surface area contributed by atoms with E-state index in [0.29, 0.717) is 30.3 Å². The third-order valence-corrected chi connectivity index (χ3v) is 6.37. The molecule has 1 aliphatic heterocycles. The molecule has 8 heteroatoms. The van der Waals surface area contributed by atoms with E-state index in [1.54, 1.807) is 43.3 Å². The molecule has 0 saturated carbocycles. The van der Waals surface area contributed by atoms with Crippen LogP contribution in [0.3, 0.4) is 0 Å². The van der Waals surface area contributed by atoms with Crippen molar-refractivity contribution in [3.05, 3.63) is 60.2 Å². The molecule has 1 heterocycles. The van der Waals surface area contributed by atoms with Gasteiger partial charge < -0.3 is 10.6 Å². The molecule has 146 valence electrons. The lowest BCUT2D eigenvalue weighted by molar-refractivity contribution is 0.0942. The highest BCUT2D eigenvalue weighted by atomic mass is 35.5. The van der Waals surface area contributed by atoms with Gasteiger partial charge in [0.05, 0.1) is 10.6 Å². The Labute approximate surface area is 166 Å². The summed E-state index contributed by atoms with van der Waals surface area (Å²) in [5, 5.41) is 6.04. The Morgan fingerprint density at radius 1 is 1.11 bits per heavy atom. The molecule has 2 aromatic carbocycles. The van der Waals surface area contributed by atoms with Gasteiger partial charge in [0.25, 0.3) is 15.9 Å². The fourth-order valence-corrected chi connectivity index (χ4v) is 4.30. The number of rotatable bonds is 7. The Balaban J connectivity index is 0.00000261. The van der Waals surface area contributed by atoms with Gasteiger partial charge in [0.2, 0.25) is 0 Å². The maximum absolute atomic E-state index is 12.9. The first-order valence-electron chi connectivity index (χ1n) is 8.69. The Morgan fingerprint density at radius 3 is 2.26 bits per heavy atom. The van der Waals surface area contributed by atoms with Crippen LogP contribution in [0, 0.1) is 5.92 Å². The SMILES string of the molecule is CCN(c1ccccc1)S(=O)(=O)c1ccc(C(=O)NCC2CNC2)cc1.Cl. The summed E-state index contributed by atoms with van der Waals surface area (Å²) >= 11 is 0. The summed E-state index contributed by atoms with van der Waals surface area (Å²) in [4.78, 5) is 12.3. The Hall–Kier alpha value is -2.09. The molecule has 0 aromatic heterocycles. The van der Waals surface area contributed by atoms with Crippen molar-refractivity contribution in [1.29, 1.82) is 0 Å². The average Bonchev–Trinajstić information content (AvgIpc) is 2.61. The van der Waals surface area contributed by atoms with Crippen LogP contribution in [0.5, 0.6) is 0 Å². The van der Waals surface area contributed by atoms with E-state index in [4.69, 9.17) is 0 Å². The smallest absolute Gasteiger partial charge is 0.264 e. The van der Waals surface area contributed by atoms with Gasteiger partial charge in [-0.05, 0) is 43.3 Å². The third kappa shape index (κ3) is 4.80. The van der Waals surface area contributed by atoms with Gasteiger partial charge in [0.15, 0.2) is 0 Å². The molecular weight excluding hydrogens is 386 g/mol. The predicted octanol–water partition coefficient (Wildman–Crippen LogP) is 2.27. The number of carbonyl (C=O) groups is 1. The molecule has 6 nitrogen and oxygen atoms in total. The number of sulfonamides is 1. The topological polar surface area (TPSA) is 78.5 Å². The molecule has 0 atom stereocenters. The zero-order valence-electron chi connectivity index (χ0n) is 15.1. The number of nitrogens with one attached hydrogen (secondary N) is 2. The first-order chi connectivity index (χ1) is 12.5. The van der Waals surface area contributed by atoms with E-state index >= 15 is 0 Å². The number of hydrogen-bond acceptors (Lipinski definition) is 4. The van der Waals surface area contributed by atoms with Crippen LogP contribution in [0.2, 0.25) is 0 Å². The molecule has 0 unspecified atom stereocenters. The van der Waals surface area contributed by atoms with Gasteiger partial charge in [-0.25, -0.2) is 8.42 Å². The number of hydrogen-bond donors (Lipinski definition) is 2. The van der Waals surface area contributed by atoms with Crippen molar-refractivity contribution in [3.63, 3.8) is 0 Å². The van der Waals surface area contributed by atoms with Gasteiger partial charge in [-0.2, -0.15) is 0 Å². The van der Waals surface area contributed by atoms with Crippen LogP contribution in [-0.4, -0.2) is 40.5 Å². The van der Waals surface area contributed by atoms with Crippen LogP contribution in [0.4, 0.5) is 5.69 Å². The number of para-hydroxylation sites is 1. The van der Waals surface area contributed by atoms with E-state index in [-0.39, 0.29) is 23.2 Å².